The highest BCUT2D eigenvalue weighted by Crippen LogP contribution is 2.25. The predicted molar refractivity (Wildman–Crippen MR) is 98.0 cm³/mol. The molecule has 0 aliphatic carbocycles. The zero-order valence-corrected chi connectivity index (χ0v) is 16.0. The summed E-state index contributed by atoms with van der Waals surface area (Å²) in [6, 6.07) is 0. The molecular weight excluding hydrogens is 302 g/mol. The molecule has 0 aromatic rings. The van der Waals surface area contributed by atoms with Gasteiger partial charge in [-0.1, -0.05) is 20.8 Å². The Morgan fingerprint density at radius 3 is 2.04 bits per heavy atom. The number of rotatable bonds is 7. The van der Waals surface area contributed by atoms with E-state index in [1.807, 2.05) is 0 Å². The third-order valence-electron chi connectivity index (χ3n) is 6.18. The first-order chi connectivity index (χ1) is 11.5. The number of nitrogens with zero attached hydrogens (tertiary/aromatic N) is 3. The Kier molecular flexibility index (Phi) is 7.51. The molecule has 24 heavy (non-hydrogen) atoms. The first-order valence-electron chi connectivity index (χ1n) is 9.94. The molecule has 2 aliphatic rings. The fourth-order valence-corrected chi connectivity index (χ4v) is 3.93. The highest BCUT2D eigenvalue weighted by molar-refractivity contribution is 5.76. The van der Waals surface area contributed by atoms with Crippen molar-refractivity contribution < 1.29 is 9.90 Å². The van der Waals surface area contributed by atoms with Crippen LogP contribution in [0.25, 0.3) is 0 Å². The topological polar surface area (TPSA) is 47.0 Å². The fraction of sp³-hybridized carbons (Fsp3) is 0.947. The first-order valence-corrected chi connectivity index (χ1v) is 9.94. The number of β-amino-alcohol motifs (C(OH)–C–C–N with tert-alkyl or cyclic N) is 1. The summed E-state index contributed by atoms with van der Waals surface area (Å²) in [6.45, 7) is 14.0. The minimum Gasteiger partial charge on any atom is -0.389 e. The van der Waals surface area contributed by atoms with Crippen LogP contribution in [0.4, 0.5) is 0 Å². The molecular formula is C19H37N3O2. The second-order valence-corrected chi connectivity index (χ2v) is 7.67. The Labute approximate surface area is 148 Å². The van der Waals surface area contributed by atoms with E-state index in [4.69, 9.17) is 0 Å². The summed E-state index contributed by atoms with van der Waals surface area (Å²) in [5.41, 5.74) is -0.540. The number of carbonyl (C=O) groups is 1. The summed E-state index contributed by atoms with van der Waals surface area (Å²) in [5, 5.41) is 10.5. The van der Waals surface area contributed by atoms with Gasteiger partial charge in [0.25, 0.3) is 0 Å². The van der Waals surface area contributed by atoms with Gasteiger partial charge in [0.2, 0.25) is 5.91 Å². The summed E-state index contributed by atoms with van der Waals surface area (Å²) in [4.78, 5) is 19.4. The van der Waals surface area contributed by atoms with Crippen molar-refractivity contribution in [3.8, 4) is 0 Å². The van der Waals surface area contributed by atoms with Crippen molar-refractivity contribution in [3.63, 3.8) is 0 Å². The molecule has 2 heterocycles. The molecule has 0 aromatic carbocycles. The van der Waals surface area contributed by atoms with Gasteiger partial charge in [-0.25, -0.2) is 0 Å². The average Bonchev–Trinajstić information content (AvgIpc) is 2.63. The molecule has 2 fully saturated rings. The van der Waals surface area contributed by atoms with E-state index in [0.29, 0.717) is 18.2 Å². The molecule has 2 rings (SSSR count). The van der Waals surface area contributed by atoms with E-state index < -0.39 is 5.60 Å². The monoisotopic (exact) mass is 339 g/mol. The number of likely N-dealkylation sites (tertiary alicyclic amines) is 1. The summed E-state index contributed by atoms with van der Waals surface area (Å²) in [7, 11) is 0. The van der Waals surface area contributed by atoms with Crippen LogP contribution in [0.5, 0.6) is 0 Å². The summed E-state index contributed by atoms with van der Waals surface area (Å²) in [6.07, 6.45) is 4.51. The number of hydrogen-bond acceptors (Lipinski definition) is 4. The van der Waals surface area contributed by atoms with E-state index in [0.717, 1.165) is 78.0 Å². The largest absolute Gasteiger partial charge is 0.389 e. The van der Waals surface area contributed by atoms with Crippen LogP contribution in [0, 0.1) is 5.92 Å². The smallest absolute Gasteiger partial charge is 0.222 e. The lowest BCUT2D eigenvalue weighted by molar-refractivity contribution is -0.134. The molecule has 1 amide bonds. The van der Waals surface area contributed by atoms with Crippen LogP contribution < -0.4 is 0 Å². The summed E-state index contributed by atoms with van der Waals surface area (Å²) >= 11 is 0. The predicted octanol–water partition coefficient (Wildman–Crippen LogP) is 1.80. The Balaban J connectivity index is 1.70. The van der Waals surface area contributed by atoms with Crippen molar-refractivity contribution in [3.05, 3.63) is 0 Å². The molecule has 1 N–H and O–H groups in total. The van der Waals surface area contributed by atoms with Crippen LogP contribution in [0.3, 0.4) is 0 Å². The lowest BCUT2D eigenvalue weighted by Crippen LogP contribution is -2.49. The van der Waals surface area contributed by atoms with E-state index in [2.05, 4.69) is 35.5 Å². The standard InChI is InChI=1S/C19H37N3O2/c1-4-19(24,5-2)16-21-9-7-17(8-10-21)15-18(23)22-13-11-20(6-3)12-14-22/h17,24H,4-16H2,1-3H3. The maximum absolute atomic E-state index is 12.5. The molecule has 5 heteroatoms. The van der Waals surface area contributed by atoms with Crippen LogP contribution in [0.1, 0.15) is 52.9 Å². The van der Waals surface area contributed by atoms with E-state index in [1.54, 1.807) is 0 Å². The van der Waals surface area contributed by atoms with Crippen molar-refractivity contribution in [2.75, 3.05) is 52.4 Å². The lowest BCUT2D eigenvalue weighted by Gasteiger charge is -2.38. The first kappa shape index (κ1) is 19.7. The van der Waals surface area contributed by atoms with Crippen molar-refractivity contribution >= 4 is 5.91 Å². The Bertz CT molecular complexity index is 382. The number of likely N-dealkylation sites (N-methyl/N-ethyl adjacent to an activating group) is 1. The van der Waals surface area contributed by atoms with Gasteiger partial charge in [-0.05, 0) is 51.2 Å². The average molecular weight is 340 g/mol. The van der Waals surface area contributed by atoms with Crippen LogP contribution in [-0.2, 0) is 4.79 Å². The molecule has 2 saturated heterocycles. The van der Waals surface area contributed by atoms with Crippen molar-refractivity contribution in [2.45, 2.75) is 58.5 Å². The van der Waals surface area contributed by atoms with Gasteiger partial charge in [-0.2, -0.15) is 0 Å². The Morgan fingerprint density at radius 1 is 0.958 bits per heavy atom. The maximum Gasteiger partial charge on any atom is 0.222 e. The quantitative estimate of drug-likeness (QED) is 0.768. The number of carbonyl (C=O) groups excluding carboxylic acids is 1. The Morgan fingerprint density at radius 2 is 1.54 bits per heavy atom. The van der Waals surface area contributed by atoms with E-state index in [1.165, 1.54) is 0 Å². The zero-order valence-electron chi connectivity index (χ0n) is 16.0. The molecule has 0 spiro atoms. The maximum atomic E-state index is 12.5. The van der Waals surface area contributed by atoms with Gasteiger partial charge in [0.15, 0.2) is 0 Å². The number of piperidine rings is 1. The third-order valence-corrected chi connectivity index (χ3v) is 6.18. The molecule has 140 valence electrons. The molecule has 0 saturated carbocycles. The van der Waals surface area contributed by atoms with Crippen LogP contribution in [0.15, 0.2) is 0 Å². The number of piperazine rings is 1. The number of amides is 1. The molecule has 0 aromatic heterocycles. The molecule has 0 atom stereocenters. The van der Waals surface area contributed by atoms with Gasteiger partial charge in [0.1, 0.15) is 0 Å². The highest BCUT2D eigenvalue weighted by Gasteiger charge is 2.30. The third kappa shape index (κ3) is 5.43. The summed E-state index contributed by atoms with van der Waals surface area (Å²) in [5.74, 6) is 0.872. The summed E-state index contributed by atoms with van der Waals surface area (Å²) < 4.78 is 0. The minimum absolute atomic E-state index is 0.350. The fourth-order valence-electron chi connectivity index (χ4n) is 3.93. The molecule has 0 unspecified atom stereocenters. The second kappa shape index (κ2) is 9.16. The molecule has 2 aliphatic heterocycles. The van der Waals surface area contributed by atoms with Gasteiger partial charge in [-0.15, -0.1) is 0 Å². The van der Waals surface area contributed by atoms with E-state index in [-0.39, 0.29) is 0 Å². The van der Waals surface area contributed by atoms with Crippen LogP contribution in [-0.4, -0.2) is 83.7 Å². The van der Waals surface area contributed by atoms with Gasteiger partial charge < -0.3 is 19.8 Å². The highest BCUT2D eigenvalue weighted by atomic mass is 16.3. The van der Waals surface area contributed by atoms with Crippen LogP contribution in [0.2, 0.25) is 0 Å². The van der Waals surface area contributed by atoms with Gasteiger partial charge in [-0.3, -0.25) is 4.79 Å². The zero-order chi connectivity index (χ0) is 17.6. The molecule has 5 nitrogen and oxygen atoms in total. The number of aliphatic hydroxyl groups is 1. The lowest BCUT2D eigenvalue weighted by atomic mass is 9.90. The normalized spacial score (nSPS) is 22.1. The van der Waals surface area contributed by atoms with Gasteiger partial charge in [0.05, 0.1) is 5.60 Å². The SMILES string of the molecule is CCN1CCN(C(=O)CC2CCN(CC(O)(CC)CC)CC2)CC1. The van der Waals surface area contributed by atoms with Gasteiger partial charge >= 0.3 is 0 Å². The minimum atomic E-state index is -0.540. The molecule has 0 radical (unpaired) electrons. The van der Waals surface area contributed by atoms with Crippen LogP contribution >= 0.6 is 0 Å². The van der Waals surface area contributed by atoms with Crippen molar-refractivity contribution in [2.24, 2.45) is 5.92 Å². The van der Waals surface area contributed by atoms with Crippen molar-refractivity contribution in [1.29, 1.82) is 0 Å². The Hall–Kier alpha value is -0.650. The van der Waals surface area contributed by atoms with E-state index >= 15 is 0 Å². The molecule has 0 bridgehead atoms. The van der Waals surface area contributed by atoms with E-state index in [9.17, 15) is 9.90 Å². The number of hydrogen-bond donors (Lipinski definition) is 1. The van der Waals surface area contributed by atoms with Crippen molar-refractivity contribution in [1.82, 2.24) is 14.7 Å². The second-order valence-electron chi connectivity index (χ2n) is 7.67. The van der Waals surface area contributed by atoms with Gasteiger partial charge in [0, 0.05) is 39.1 Å².